The minimum atomic E-state index is -1.27. The fourth-order valence-corrected chi connectivity index (χ4v) is 2.87. The first-order valence-corrected chi connectivity index (χ1v) is 9.09. The Morgan fingerprint density at radius 1 is 1.13 bits per heavy atom. The number of nitrogens with one attached hydrogen (secondary N) is 1. The normalized spacial score (nSPS) is 14.3. The Morgan fingerprint density at radius 2 is 1.74 bits per heavy atom. The van der Waals surface area contributed by atoms with Gasteiger partial charge in [-0.15, -0.1) is 0 Å². The monoisotopic (exact) mass is 429 g/mol. The molecule has 1 unspecified atom stereocenters. The van der Waals surface area contributed by atoms with E-state index in [1.165, 1.54) is 31.2 Å². The second-order valence-corrected chi connectivity index (χ2v) is 6.63. The molecule has 0 spiro atoms. The Kier molecular flexibility index (Phi) is 6.05. The van der Waals surface area contributed by atoms with Crippen LogP contribution >= 0.6 is 0 Å². The maximum Gasteiger partial charge on any atom is 0.338 e. The smallest absolute Gasteiger partial charge is 0.338 e. The number of halogens is 1. The lowest BCUT2D eigenvalue weighted by molar-refractivity contribution is -0.387. The number of carbonyl (C=O) groups excluding carboxylic acids is 4. The molecule has 1 aliphatic heterocycles. The number of esters is 1. The molecule has 3 amide bonds. The standard InChI is InChI=1S/C20H16FN3O7/c1-11(19(27)22-13-4-7-15(21)16(10-13)24(29)30)31-20(28)12-2-5-14(6-3-12)23-17(25)8-9-18(23)26/h2-7,10-11H,8-9H2,1H3,(H,22,27). The first kappa shape index (κ1) is 21.6. The van der Waals surface area contributed by atoms with E-state index in [-0.39, 0.29) is 35.9 Å². The van der Waals surface area contributed by atoms with E-state index in [0.717, 1.165) is 23.1 Å². The van der Waals surface area contributed by atoms with Crippen LogP contribution in [0.2, 0.25) is 0 Å². The summed E-state index contributed by atoms with van der Waals surface area (Å²) in [4.78, 5) is 58.9. The van der Waals surface area contributed by atoms with Crippen molar-refractivity contribution in [2.45, 2.75) is 25.9 Å². The lowest BCUT2D eigenvalue weighted by atomic mass is 10.2. The van der Waals surface area contributed by atoms with Gasteiger partial charge in [0.2, 0.25) is 17.6 Å². The van der Waals surface area contributed by atoms with E-state index in [1.807, 2.05) is 0 Å². The van der Waals surface area contributed by atoms with Gasteiger partial charge in [0.25, 0.3) is 5.91 Å². The Balaban J connectivity index is 1.63. The van der Waals surface area contributed by atoms with Crippen molar-refractivity contribution < 1.29 is 33.2 Å². The Labute approximate surface area is 174 Å². The summed E-state index contributed by atoms with van der Waals surface area (Å²) >= 11 is 0. The van der Waals surface area contributed by atoms with E-state index in [0.29, 0.717) is 5.69 Å². The molecule has 1 fully saturated rings. The fourth-order valence-electron chi connectivity index (χ4n) is 2.87. The van der Waals surface area contributed by atoms with E-state index in [2.05, 4.69) is 5.32 Å². The van der Waals surface area contributed by atoms with E-state index >= 15 is 0 Å². The van der Waals surface area contributed by atoms with Gasteiger partial charge in [-0.05, 0) is 43.3 Å². The van der Waals surface area contributed by atoms with Crippen molar-refractivity contribution in [1.82, 2.24) is 0 Å². The summed E-state index contributed by atoms with van der Waals surface area (Å²) in [5.74, 6) is -3.32. The molecule has 0 aromatic heterocycles. The minimum Gasteiger partial charge on any atom is -0.449 e. The van der Waals surface area contributed by atoms with E-state index in [1.54, 1.807) is 0 Å². The molecule has 0 saturated carbocycles. The molecule has 160 valence electrons. The molecule has 10 nitrogen and oxygen atoms in total. The summed E-state index contributed by atoms with van der Waals surface area (Å²) < 4.78 is 18.5. The second kappa shape index (κ2) is 8.69. The van der Waals surface area contributed by atoms with E-state index in [4.69, 9.17) is 4.74 Å². The van der Waals surface area contributed by atoms with Crippen LogP contribution in [-0.4, -0.2) is 34.7 Å². The largest absolute Gasteiger partial charge is 0.449 e. The van der Waals surface area contributed by atoms with Gasteiger partial charge in [-0.25, -0.2) is 4.79 Å². The van der Waals surface area contributed by atoms with Crippen LogP contribution in [0.15, 0.2) is 42.5 Å². The van der Waals surface area contributed by atoms with Crippen LogP contribution in [0.1, 0.15) is 30.1 Å². The summed E-state index contributed by atoms with van der Waals surface area (Å²) in [6.45, 7) is 1.29. The predicted molar refractivity (Wildman–Crippen MR) is 105 cm³/mol. The van der Waals surface area contributed by atoms with Crippen molar-refractivity contribution in [3.8, 4) is 0 Å². The molecule has 11 heteroatoms. The molecule has 2 aromatic rings. The summed E-state index contributed by atoms with van der Waals surface area (Å²) in [5.41, 5.74) is -0.435. The predicted octanol–water partition coefficient (Wildman–Crippen LogP) is 2.57. The van der Waals surface area contributed by atoms with Crippen LogP contribution in [-0.2, 0) is 19.1 Å². The maximum atomic E-state index is 13.4. The zero-order valence-corrected chi connectivity index (χ0v) is 16.2. The highest BCUT2D eigenvalue weighted by atomic mass is 19.1. The molecule has 0 bridgehead atoms. The van der Waals surface area contributed by atoms with Gasteiger partial charge in [0.15, 0.2) is 6.10 Å². The highest BCUT2D eigenvalue weighted by Crippen LogP contribution is 2.24. The molecule has 0 aliphatic carbocycles. The highest BCUT2D eigenvalue weighted by Gasteiger charge is 2.30. The van der Waals surface area contributed by atoms with Crippen molar-refractivity contribution >= 4 is 40.8 Å². The van der Waals surface area contributed by atoms with Crippen LogP contribution in [0.3, 0.4) is 0 Å². The third-order valence-corrected chi connectivity index (χ3v) is 4.48. The Morgan fingerprint density at radius 3 is 2.32 bits per heavy atom. The topological polar surface area (TPSA) is 136 Å². The van der Waals surface area contributed by atoms with Crippen LogP contribution in [0, 0.1) is 15.9 Å². The highest BCUT2D eigenvalue weighted by molar-refractivity contribution is 6.19. The molecular weight excluding hydrogens is 413 g/mol. The average Bonchev–Trinajstić information content (AvgIpc) is 3.07. The van der Waals surface area contributed by atoms with Crippen molar-refractivity contribution in [3.63, 3.8) is 0 Å². The number of carbonyl (C=O) groups is 4. The summed E-state index contributed by atoms with van der Waals surface area (Å²) in [6.07, 6.45) is -1.00. The van der Waals surface area contributed by atoms with Gasteiger partial charge in [0.05, 0.1) is 16.2 Å². The molecule has 3 rings (SSSR count). The number of rotatable bonds is 6. The number of amides is 3. The summed E-state index contributed by atoms with van der Waals surface area (Å²) in [6, 6.07) is 8.35. The van der Waals surface area contributed by atoms with Gasteiger partial charge in [-0.3, -0.25) is 29.4 Å². The van der Waals surface area contributed by atoms with Crippen molar-refractivity contribution in [2.24, 2.45) is 0 Å². The lowest BCUT2D eigenvalue weighted by Crippen LogP contribution is -2.30. The molecule has 31 heavy (non-hydrogen) atoms. The number of hydrogen-bond acceptors (Lipinski definition) is 7. The van der Waals surface area contributed by atoms with Crippen molar-refractivity contribution in [2.75, 3.05) is 10.2 Å². The van der Waals surface area contributed by atoms with Crippen molar-refractivity contribution in [1.29, 1.82) is 0 Å². The number of nitro benzene ring substituents is 1. The minimum absolute atomic E-state index is 0.0368. The van der Waals surface area contributed by atoms with Gasteiger partial charge in [-0.2, -0.15) is 4.39 Å². The van der Waals surface area contributed by atoms with Crippen LogP contribution in [0.5, 0.6) is 0 Å². The third-order valence-electron chi connectivity index (χ3n) is 4.48. The quantitative estimate of drug-likeness (QED) is 0.323. The molecule has 1 saturated heterocycles. The van der Waals surface area contributed by atoms with E-state index in [9.17, 15) is 33.7 Å². The number of anilines is 2. The van der Waals surface area contributed by atoms with Gasteiger partial charge in [0, 0.05) is 24.6 Å². The second-order valence-electron chi connectivity index (χ2n) is 6.63. The zero-order valence-electron chi connectivity index (χ0n) is 16.2. The zero-order chi connectivity index (χ0) is 22.7. The van der Waals surface area contributed by atoms with Crippen LogP contribution in [0.25, 0.3) is 0 Å². The van der Waals surface area contributed by atoms with Gasteiger partial charge in [0.1, 0.15) is 0 Å². The number of benzene rings is 2. The third kappa shape index (κ3) is 4.71. The lowest BCUT2D eigenvalue weighted by Gasteiger charge is -2.15. The number of nitrogens with zero attached hydrogens (tertiary/aromatic N) is 2. The van der Waals surface area contributed by atoms with Gasteiger partial charge >= 0.3 is 11.7 Å². The molecule has 2 aromatic carbocycles. The van der Waals surface area contributed by atoms with Crippen molar-refractivity contribution in [3.05, 3.63) is 64.0 Å². The molecule has 1 aliphatic rings. The molecule has 1 atom stereocenters. The molecule has 1 N–H and O–H groups in total. The molecular formula is C20H16FN3O7. The van der Waals surface area contributed by atoms with Gasteiger partial charge < -0.3 is 10.1 Å². The number of nitro groups is 1. The fraction of sp³-hybridized carbons (Fsp3) is 0.200. The van der Waals surface area contributed by atoms with Crippen LogP contribution in [0.4, 0.5) is 21.5 Å². The molecule has 1 heterocycles. The van der Waals surface area contributed by atoms with E-state index < -0.39 is 34.4 Å². The average molecular weight is 429 g/mol. The van der Waals surface area contributed by atoms with Crippen LogP contribution < -0.4 is 10.2 Å². The first-order valence-electron chi connectivity index (χ1n) is 9.09. The SMILES string of the molecule is CC(OC(=O)c1ccc(N2C(=O)CCC2=O)cc1)C(=O)Nc1ccc(F)c([N+](=O)[O-])c1. The van der Waals surface area contributed by atoms with Gasteiger partial charge in [-0.1, -0.05) is 0 Å². The summed E-state index contributed by atoms with van der Waals surface area (Å²) in [7, 11) is 0. The maximum absolute atomic E-state index is 13.4. The molecule has 0 radical (unpaired) electrons. The number of hydrogen-bond donors (Lipinski definition) is 1. The number of ether oxygens (including phenoxy) is 1. The number of imide groups is 1. The Bertz CT molecular complexity index is 1070. The summed E-state index contributed by atoms with van der Waals surface area (Å²) in [5, 5.41) is 13.1. The Hall–Kier alpha value is -4.15. The first-order chi connectivity index (χ1) is 14.7.